The van der Waals surface area contributed by atoms with Crippen LogP contribution in [0.2, 0.25) is 0 Å². The van der Waals surface area contributed by atoms with E-state index in [0.29, 0.717) is 11.3 Å². The zero-order chi connectivity index (χ0) is 15.5. The molecular formula is C15H11F3INO. The number of nitrogens with one attached hydrogen (secondary N) is 1. The van der Waals surface area contributed by atoms with Crippen LogP contribution in [0.4, 0.5) is 18.9 Å². The van der Waals surface area contributed by atoms with Crippen molar-refractivity contribution >= 4 is 34.2 Å². The Hall–Kier alpha value is -1.57. The Balaban J connectivity index is 2.06. The van der Waals surface area contributed by atoms with Gasteiger partial charge in [-0.3, -0.25) is 4.79 Å². The van der Waals surface area contributed by atoms with E-state index in [4.69, 9.17) is 0 Å². The van der Waals surface area contributed by atoms with Gasteiger partial charge in [0.25, 0.3) is 0 Å². The molecule has 1 amide bonds. The summed E-state index contributed by atoms with van der Waals surface area (Å²) in [6.07, 6.45) is -4.50. The van der Waals surface area contributed by atoms with Gasteiger partial charge in [0.15, 0.2) is 0 Å². The number of carbonyl (C=O) groups excluding carboxylic acids is 1. The molecule has 0 aliphatic heterocycles. The Morgan fingerprint density at radius 1 is 1.10 bits per heavy atom. The first kappa shape index (κ1) is 15.8. The van der Waals surface area contributed by atoms with Crippen molar-refractivity contribution in [2.75, 3.05) is 5.32 Å². The molecule has 0 saturated heterocycles. The maximum Gasteiger partial charge on any atom is 0.416 e. The average Bonchev–Trinajstić information content (AvgIpc) is 2.37. The van der Waals surface area contributed by atoms with Crippen LogP contribution in [0.3, 0.4) is 0 Å². The van der Waals surface area contributed by atoms with Crippen molar-refractivity contribution in [2.24, 2.45) is 0 Å². The summed E-state index contributed by atoms with van der Waals surface area (Å²) in [5, 5.41) is 2.66. The Labute approximate surface area is 133 Å². The first-order chi connectivity index (χ1) is 9.84. The quantitative estimate of drug-likeness (QED) is 0.750. The third-order valence-electron chi connectivity index (χ3n) is 2.73. The van der Waals surface area contributed by atoms with Crippen molar-refractivity contribution in [1.29, 1.82) is 0 Å². The van der Waals surface area contributed by atoms with Gasteiger partial charge in [0.05, 0.1) is 12.0 Å². The minimum atomic E-state index is -4.40. The van der Waals surface area contributed by atoms with Crippen LogP contribution in [0.1, 0.15) is 11.1 Å². The molecule has 2 rings (SSSR count). The zero-order valence-electron chi connectivity index (χ0n) is 10.7. The molecule has 2 aromatic rings. The molecule has 21 heavy (non-hydrogen) atoms. The van der Waals surface area contributed by atoms with E-state index in [1.165, 1.54) is 12.1 Å². The second-order valence-corrected chi connectivity index (χ2v) is 5.68. The maximum absolute atomic E-state index is 12.6. The van der Waals surface area contributed by atoms with E-state index in [2.05, 4.69) is 27.9 Å². The summed E-state index contributed by atoms with van der Waals surface area (Å²) in [6.45, 7) is 0. The maximum atomic E-state index is 12.6. The van der Waals surface area contributed by atoms with Gasteiger partial charge in [-0.1, -0.05) is 24.3 Å². The number of anilines is 1. The molecule has 0 radical (unpaired) electrons. The molecule has 0 bridgehead atoms. The molecular weight excluding hydrogens is 394 g/mol. The molecule has 0 atom stereocenters. The first-order valence-corrected chi connectivity index (χ1v) is 7.14. The lowest BCUT2D eigenvalue weighted by atomic mass is 10.1. The third-order valence-corrected chi connectivity index (χ3v) is 3.40. The molecule has 0 aromatic heterocycles. The summed E-state index contributed by atoms with van der Waals surface area (Å²) in [4.78, 5) is 11.9. The second-order valence-electron chi connectivity index (χ2n) is 4.43. The van der Waals surface area contributed by atoms with Gasteiger partial charge in [-0.2, -0.15) is 13.2 Å². The van der Waals surface area contributed by atoms with Crippen LogP contribution in [0.15, 0.2) is 48.5 Å². The highest BCUT2D eigenvalue weighted by Gasteiger charge is 2.30. The largest absolute Gasteiger partial charge is 0.416 e. The standard InChI is InChI=1S/C15H11F3INO/c16-15(17,18)11-4-1-3-10(7-11)8-14(21)20-13-6-2-5-12(19)9-13/h1-7,9H,8H2,(H,20,21). The van der Waals surface area contributed by atoms with Gasteiger partial charge in [0, 0.05) is 9.26 Å². The summed E-state index contributed by atoms with van der Waals surface area (Å²) in [7, 11) is 0. The lowest BCUT2D eigenvalue weighted by molar-refractivity contribution is -0.137. The van der Waals surface area contributed by atoms with Crippen molar-refractivity contribution in [3.63, 3.8) is 0 Å². The Bertz CT molecular complexity index is 655. The van der Waals surface area contributed by atoms with E-state index < -0.39 is 11.7 Å². The molecule has 0 unspecified atom stereocenters. The number of hydrogen-bond acceptors (Lipinski definition) is 1. The third kappa shape index (κ3) is 4.73. The predicted molar refractivity (Wildman–Crippen MR) is 82.9 cm³/mol. The molecule has 110 valence electrons. The number of alkyl halides is 3. The molecule has 0 aliphatic rings. The molecule has 0 spiro atoms. The Morgan fingerprint density at radius 2 is 1.81 bits per heavy atom. The van der Waals surface area contributed by atoms with E-state index in [-0.39, 0.29) is 12.3 Å². The molecule has 0 aliphatic carbocycles. The number of halogens is 4. The van der Waals surface area contributed by atoms with E-state index in [1.807, 2.05) is 6.07 Å². The fourth-order valence-corrected chi connectivity index (χ4v) is 2.36. The van der Waals surface area contributed by atoms with Crippen LogP contribution in [0.5, 0.6) is 0 Å². The van der Waals surface area contributed by atoms with Crippen LogP contribution in [-0.4, -0.2) is 5.91 Å². The molecule has 0 saturated carbocycles. The lowest BCUT2D eigenvalue weighted by Crippen LogP contribution is -2.15. The predicted octanol–water partition coefficient (Wildman–Crippen LogP) is 4.49. The van der Waals surface area contributed by atoms with Gasteiger partial charge in [0.1, 0.15) is 0 Å². The van der Waals surface area contributed by atoms with E-state index in [0.717, 1.165) is 15.7 Å². The summed E-state index contributed by atoms with van der Waals surface area (Å²) in [5.74, 6) is -0.351. The van der Waals surface area contributed by atoms with Gasteiger partial charge >= 0.3 is 6.18 Å². The fraction of sp³-hybridized carbons (Fsp3) is 0.133. The molecule has 2 aromatic carbocycles. The molecule has 0 fully saturated rings. The minimum absolute atomic E-state index is 0.102. The number of amides is 1. The van der Waals surface area contributed by atoms with E-state index >= 15 is 0 Å². The van der Waals surface area contributed by atoms with Crippen molar-refractivity contribution in [2.45, 2.75) is 12.6 Å². The van der Waals surface area contributed by atoms with Crippen LogP contribution in [-0.2, 0) is 17.4 Å². The SMILES string of the molecule is O=C(Cc1cccc(C(F)(F)F)c1)Nc1cccc(I)c1. The summed E-state index contributed by atoms with van der Waals surface area (Å²) in [5.41, 5.74) is 0.203. The number of rotatable bonds is 3. The van der Waals surface area contributed by atoms with Crippen LogP contribution in [0.25, 0.3) is 0 Å². The van der Waals surface area contributed by atoms with E-state index in [9.17, 15) is 18.0 Å². The highest BCUT2D eigenvalue weighted by molar-refractivity contribution is 14.1. The molecule has 2 nitrogen and oxygen atoms in total. The minimum Gasteiger partial charge on any atom is -0.326 e. The Kier molecular flexibility index (Phi) is 4.87. The van der Waals surface area contributed by atoms with Gasteiger partial charge < -0.3 is 5.32 Å². The average molecular weight is 405 g/mol. The number of hydrogen-bond donors (Lipinski definition) is 1. The van der Waals surface area contributed by atoms with Gasteiger partial charge in [-0.05, 0) is 52.4 Å². The topological polar surface area (TPSA) is 29.1 Å². The van der Waals surface area contributed by atoms with Crippen molar-refractivity contribution < 1.29 is 18.0 Å². The van der Waals surface area contributed by atoms with Crippen molar-refractivity contribution in [3.05, 3.63) is 63.2 Å². The van der Waals surface area contributed by atoms with Gasteiger partial charge in [0.2, 0.25) is 5.91 Å². The summed E-state index contributed by atoms with van der Waals surface area (Å²) in [6, 6.07) is 12.0. The lowest BCUT2D eigenvalue weighted by Gasteiger charge is -2.09. The zero-order valence-corrected chi connectivity index (χ0v) is 12.9. The summed E-state index contributed by atoms with van der Waals surface area (Å²) >= 11 is 2.11. The van der Waals surface area contributed by atoms with Gasteiger partial charge in [-0.15, -0.1) is 0 Å². The van der Waals surface area contributed by atoms with Crippen molar-refractivity contribution in [1.82, 2.24) is 0 Å². The highest BCUT2D eigenvalue weighted by Crippen LogP contribution is 2.29. The van der Waals surface area contributed by atoms with Crippen molar-refractivity contribution in [3.8, 4) is 0 Å². The monoisotopic (exact) mass is 405 g/mol. The highest BCUT2D eigenvalue weighted by atomic mass is 127. The summed E-state index contributed by atoms with van der Waals surface area (Å²) < 4.78 is 38.7. The number of carbonyl (C=O) groups is 1. The normalized spacial score (nSPS) is 11.2. The molecule has 0 heterocycles. The second kappa shape index (κ2) is 6.46. The fourth-order valence-electron chi connectivity index (χ4n) is 1.81. The van der Waals surface area contributed by atoms with Crippen LogP contribution in [0, 0.1) is 3.57 Å². The molecule has 6 heteroatoms. The first-order valence-electron chi connectivity index (χ1n) is 6.06. The smallest absolute Gasteiger partial charge is 0.326 e. The van der Waals surface area contributed by atoms with Crippen LogP contribution < -0.4 is 5.32 Å². The van der Waals surface area contributed by atoms with E-state index in [1.54, 1.807) is 18.2 Å². The van der Waals surface area contributed by atoms with Crippen LogP contribution >= 0.6 is 22.6 Å². The number of benzene rings is 2. The molecule has 1 N–H and O–H groups in total. The Morgan fingerprint density at radius 3 is 2.48 bits per heavy atom. The van der Waals surface area contributed by atoms with Gasteiger partial charge in [-0.25, -0.2) is 0 Å².